The lowest BCUT2D eigenvalue weighted by atomic mass is 9.63. The molecule has 1 amide bonds. The minimum atomic E-state index is -0.152. The van der Waals surface area contributed by atoms with Crippen molar-refractivity contribution in [3.63, 3.8) is 0 Å². The largest absolute Gasteiger partial charge is 0.360 e. The van der Waals surface area contributed by atoms with E-state index < -0.39 is 0 Å². The molecule has 0 bridgehead atoms. The lowest BCUT2D eigenvalue weighted by Gasteiger charge is -2.43. The van der Waals surface area contributed by atoms with Crippen molar-refractivity contribution in [3.05, 3.63) is 71.3 Å². The molecule has 0 radical (unpaired) electrons. The zero-order valence-electron chi connectivity index (χ0n) is 16.4. The van der Waals surface area contributed by atoms with Gasteiger partial charge in [-0.2, -0.15) is 0 Å². The van der Waals surface area contributed by atoms with Crippen LogP contribution in [0.3, 0.4) is 0 Å². The molecule has 3 unspecified atom stereocenters. The van der Waals surface area contributed by atoms with Crippen LogP contribution in [0.25, 0.3) is 0 Å². The van der Waals surface area contributed by atoms with Gasteiger partial charge in [-0.15, -0.1) is 0 Å². The summed E-state index contributed by atoms with van der Waals surface area (Å²) < 4.78 is 0. The van der Waals surface area contributed by atoms with Crippen molar-refractivity contribution in [2.45, 2.75) is 56.9 Å². The molecule has 0 heterocycles. The summed E-state index contributed by atoms with van der Waals surface area (Å²) in [7, 11) is 0. The average molecular weight is 393 g/mol. The Morgan fingerprint density at radius 1 is 1.14 bits per heavy atom. The van der Waals surface area contributed by atoms with E-state index in [1.807, 2.05) is 18.2 Å². The number of hydrogen-bond donors (Lipinski definition) is 2. The third-order valence-corrected chi connectivity index (χ3v) is 6.90. The van der Waals surface area contributed by atoms with Gasteiger partial charge in [-0.3, -0.25) is 10.1 Å². The molecule has 4 rings (SSSR count). The average Bonchev–Trinajstić information content (AvgIpc) is 3.01. The summed E-state index contributed by atoms with van der Waals surface area (Å²) in [6.07, 6.45) is 7.03. The minimum Gasteiger partial charge on any atom is -0.360 e. The van der Waals surface area contributed by atoms with Crippen LogP contribution in [0.15, 0.2) is 54.6 Å². The van der Waals surface area contributed by atoms with E-state index in [9.17, 15) is 4.79 Å². The molecule has 1 fully saturated rings. The minimum absolute atomic E-state index is 0.152. The molecule has 0 aliphatic heterocycles. The van der Waals surface area contributed by atoms with Crippen molar-refractivity contribution in [2.24, 2.45) is 5.92 Å². The van der Waals surface area contributed by atoms with Crippen molar-refractivity contribution in [2.75, 3.05) is 0 Å². The zero-order valence-corrected chi connectivity index (χ0v) is 17.2. The summed E-state index contributed by atoms with van der Waals surface area (Å²) in [5.74, 6) is 0.545. The van der Waals surface area contributed by atoms with Crippen LogP contribution in [0.1, 0.15) is 60.5 Å². The first-order chi connectivity index (χ1) is 13.6. The first-order valence-corrected chi connectivity index (χ1v) is 10.8. The fourth-order valence-corrected chi connectivity index (χ4v) is 5.69. The Balaban J connectivity index is 1.45. The van der Waals surface area contributed by atoms with Crippen LogP contribution in [0, 0.1) is 5.92 Å². The molecule has 2 aliphatic rings. The van der Waals surface area contributed by atoms with Gasteiger partial charge in [0, 0.05) is 17.0 Å². The number of hydrogen-bond acceptors (Lipinski definition) is 2. The van der Waals surface area contributed by atoms with Crippen molar-refractivity contribution in [1.82, 2.24) is 10.6 Å². The molecule has 3 atom stereocenters. The van der Waals surface area contributed by atoms with Gasteiger partial charge in [-0.1, -0.05) is 62.2 Å². The van der Waals surface area contributed by atoms with Gasteiger partial charge in [0.05, 0.1) is 0 Å². The van der Waals surface area contributed by atoms with Gasteiger partial charge in [-0.25, -0.2) is 0 Å². The number of rotatable bonds is 3. The van der Waals surface area contributed by atoms with Gasteiger partial charge < -0.3 is 5.32 Å². The molecule has 4 heteroatoms. The van der Waals surface area contributed by atoms with E-state index in [0.29, 0.717) is 22.6 Å². The van der Waals surface area contributed by atoms with Gasteiger partial charge >= 0.3 is 0 Å². The van der Waals surface area contributed by atoms with Crippen LogP contribution < -0.4 is 10.6 Å². The fourth-order valence-electron chi connectivity index (χ4n) is 5.43. The Hall–Kier alpha value is -2.20. The summed E-state index contributed by atoms with van der Waals surface area (Å²) in [5, 5.41) is 6.73. The number of amides is 1. The number of benzene rings is 2. The highest BCUT2D eigenvalue weighted by atomic mass is 32.1. The van der Waals surface area contributed by atoms with Crippen LogP contribution in [0.4, 0.5) is 0 Å². The highest BCUT2D eigenvalue weighted by molar-refractivity contribution is 7.80. The van der Waals surface area contributed by atoms with Crippen LogP contribution in [0.5, 0.6) is 0 Å². The van der Waals surface area contributed by atoms with Gasteiger partial charge in [0.2, 0.25) is 0 Å². The third-order valence-electron chi connectivity index (χ3n) is 6.68. The second-order valence-electron chi connectivity index (χ2n) is 8.21. The molecule has 1 spiro atoms. The maximum absolute atomic E-state index is 12.4. The van der Waals surface area contributed by atoms with Crippen molar-refractivity contribution in [1.29, 1.82) is 0 Å². The maximum atomic E-state index is 12.4. The van der Waals surface area contributed by atoms with Gasteiger partial charge in [-0.05, 0) is 67.1 Å². The molecule has 0 aromatic heterocycles. The lowest BCUT2D eigenvalue weighted by Crippen LogP contribution is -2.49. The van der Waals surface area contributed by atoms with E-state index in [1.165, 1.54) is 31.2 Å². The van der Waals surface area contributed by atoms with E-state index in [2.05, 4.69) is 41.8 Å². The lowest BCUT2D eigenvalue weighted by molar-refractivity contribution is 0.0976. The number of fused-ring (bicyclic) bond motifs is 2. The number of carbonyl (C=O) groups is 1. The first-order valence-electron chi connectivity index (χ1n) is 10.4. The smallest absolute Gasteiger partial charge is 0.257 e. The van der Waals surface area contributed by atoms with E-state index in [0.717, 1.165) is 12.8 Å². The van der Waals surface area contributed by atoms with Gasteiger partial charge in [0.15, 0.2) is 5.11 Å². The van der Waals surface area contributed by atoms with Crippen molar-refractivity contribution in [3.8, 4) is 0 Å². The Labute approximate surface area is 172 Å². The summed E-state index contributed by atoms with van der Waals surface area (Å²) >= 11 is 5.47. The van der Waals surface area contributed by atoms with Crippen LogP contribution >= 0.6 is 12.2 Å². The van der Waals surface area contributed by atoms with Crippen LogP contribution in [-0.2, 0) is 11.8 Å². The second kappa shape index (κ2) is 8.04. The van der Waals surface area contributed by atoms with Gasteiger partial charge in [0.25, 0.3) is 5.91 Å². The molecule has 2 aromatic carbocycles. The molecule has 3 nitrogen and oxygen atoms in total. The predicted octanol–water partition coefficient (Wildman–Crippen LogP) is 4.75. The van der Waals surface area contributed by atoms with Crippen molar-refractivity contribution < 1.29 is 4.79 Å². The zero-order chi connectivity index (χ0) is 19.6. The molecule has 1 saturated carbocycles. The molecule has 28 heavy (non-hydrogen) atoms. The molecular formula is C24H28N2OS. The van der Waals surface area contributed by atoms with Gasteiger partial charge in [0.1, 0.15) is 0 Å². The van der Waals surface area contributed by atoms with Crippen LogP contribution in [-0.4, -0.2) is 17.1 Å². The highest BCUT2D eigenvalue weighted by Gasteiger charge is 2.48. The number of carbonyl (C=O) groups excluding carboxylic acids is 1. The maximum Gasteiger partial charge on any atom is 0.257 e. The monoisotopic (exact) mass is 392 g/mol. The quantitative estimate of drug-likeness (QED) is 0.741. The summed E-state index contributed by atoms with van der Waals surface area (Å²) in [5.41, 5.74) is 3.95. The molecule has 0 saturated heterocycles. The Morgan fingerprint density at radius 3 is 2.68 bits per heavy atom. The highest BCUT2D eigenvalue weighted by Crippen LogP contribution is 2.53. The Bertz CT molecular complexity index is 866. The van der Waals surface area contributed by atoms with E-state index >= 15 is 0 Å². The summed E-state index contributed by atoms with van der Waals surface area (Å²) in [6.45, 7) is 2.32. The Kier molecular flexibility index (Phi) is 5.49. The SMILES string of the molecule is CCC1Cc2ccccc2C12CCCC(NC(=S)NC(=O)c1ccccc1)C2. The molecular weight excluding hydrogens is 364 g/mol. The number of nitrogens with one attached hydrogen (secondary N) is 2. The molecule has 146 valence electrons. The van der Waals surface area contributed by atoms with E-state index in [-0.39, 0.29) is 11.3 Å². The molecule has 2 aliphatic carbocycles. The Morgan fingerprint density at radius 2 is 1.89 bits per heavy atom. The fraction of sp³-hybridized carbons (Fsp3) is 0.417. The summed E-state index contributed by atoms with van der Waals surface area (Å²) in [4.78, 5) is 12.4. The normalized spacial score (nSPS) is 25.9. The van der Waals surface area contributed by atoms with E-state index in [1.54, 1.807) is 17.7 Å². The topological polar surface area (TPSA) is 41.1 Å². The molecule has 2 N–H and O–H groups in total. The molecule has 2 aromatic rings. The summed E-state index contributed by atoms with van der Waals surface area (Å²) in [6, 6.07) is 18.5. The predicted molar refractivity (Wildman–Crippen MR) is 118 cm³/mol. The van der Waals surface area contributed by atoms with Crippen LogP contribution in [0.2, 0.25) is 0 Å². The standard InChI is InChI=1S/C24H28N2OS/c1-2-19-15-18-11-6-7-13-21(18)24(19)14-8-12-20(16-24)25-23(28)26-22(27)17-9-4-3-5-10-17/h3-7,9-11,13,19-20H,2,8,12,14-16H2,1H3,(H2,25,26,27,28). The van der Waals surface area contributed by atoms with E-state index in [4.69, 9.17) is 12.2 Å². The second-order valence-corrected chi connectivity index (χ2v) is 8.62. The third kappa shape index (κ3) is 3.58. The van der Waals surface area contributed by atoms with Crippen molar-refractivity contribution >= 4 is 23.2 Å². The first kappa shape index (κ1) is 19.1. The number of thiocarbonyl (C=S) groups is 1.